The molecule has 0 N–H and O–H groups in total. The van der Waals surface area contributed by atoms with Gasteiger partial charge in [-0.3, -0.25) is 4.98 Å². The number of hydrogen-bond donors (Lipinski definition) is 0. The van der Waals surface area contributed by atoms with Gasteiger partial charge in [-0.05, 0) is 38.1 Å². The molecule has 0 atom stereocenters. The minimum atomic E-state index is 0.438. The predicted molar refractivity (Wildman–Crippen MR) is 74.7 cm³/mol. The van der Waals surface area contributed by atoms with Gasteiger partial charge in [0.15, 0.2) is 0 Å². The summed E-state index contributed by atoms with van der Waals surface area (Å²) in [6.45, 7) is 5.56. The van der Waals surface area contributed by atoms with Gasteiger partial charge in [0.1, 0.15) is 17.6 Å². The van der Waals surface area contributed by atoms with E-state index >= 15 is 0 Å². The van der Waals surface area contributed by atoms with Crippen LogP contribution in [0.4, 0.5) is 5.82 Å². The molecule has 0 spiro atoms. The lowest BCUT2D eigenvalue weighted by Gasteiger charge is -2.21. The van der Waals surface area contributed by atoms with E-state index in [0.29, 0.717) is 12.2 Å². The monoisotopic (exact) mass is 252 g/mol. The molecule has 2 aromatic rings. The third-order valence-corrected chi connectivity index (χ3v) is 2.85. The highest BCUT2D eigenvalue weighted by Crippen LogP contribution is 2.14. The molecule has 0 unspecified atom stereocenters. The molecule has 19 heavy (non-hydrogen) atoms. The Hall–Kier alpha value is -2.41. The maximum Gasteiger partial charge on any atom is 0.142 e. The molecule has 0 aliphatic carbocycles. The first-order valence-corrected chi connectivity index (χ1v) is 6.27. The van der Waals surface area contributed by atoms with Crippen molar-refractivity contribution in [1.82, 2.24) is 9.97 Å². The SMILES string of the molecule is CCN(Cc1cccc(C)n1)c1cccc(C#N)n1. The van der Waals surface area contributed by atoms with Crippen molar-refractivity contribution in [3.05, 3.63) is 53.5 Å². The summed E-state index contributed by atoms with van der Waals surface area (Å²) < 4.78 is 0. The summed E-state index contributed by atoms with van der Waals surface area (Å²) in [6.07, 6.45) is 0. The average Bonchev–Trinajstić information content (AvgIpc) is 2.45. The van der Waals surface area contributed by atoms with Crippen molar-refractivity contribution in [2.45, 2.75) is 20.4 Å². The van der Waals surface area contributed by atoms with Gasteiger partial charge in [-0.1, -0.05) is 12.1 Å². The van der Waals surface area contributed by atoms with E-state index in [1.165, 1.54) is 0 Å². The van der Waals surface area contributed by atoms with E-state index in [4.69, 9.17) is 5.26 Å². The lowest BCUT2D eigenvalue weighted by molar-refractivity contribution is 0.789. The number of nitriles is 1. The Labute approximate surface area is 113 Å². The Kier molecular flexibility index (Phi) is 4.09. The van der Waals surface area contributed by atoms with Gasteiger partial charge in [-0.2, -0.15) is 5.26 Å². The van der Waals surface area contributed by atoms with Crippen molar-refractivity contribution in [3.8, 4) is 6.07 Å². The zero-order valence-electron chi connectivity index (χ0n) is 11.2. The van der Waals surface area contributed by atoms with Gasteiger partial charge in [0.25, 0.3) is 0 Å². The second-order valence-electron chi connectivity index (χ2n) is 4.28. The van der Waals surface area contributed by atoms with Crippen LogP contribution in [-0.4, -0.2) is 16.5 Å². The third-order valence-electron chi connectivity index (χ3n) is 2.85. The molecular formula is C15H16N4. The van der Waals surface area contributed by atoms with Crippen molar-refractivity contribution in [3.63, 3.8) is 0 Å². The van der Waals surface area contributed by atoms with Crippen LogP contribution in [0.1, 0.15) is 24.0 Å². The van der Waals surface area contributed by atoms with E-state index < -0.39 is 0 Å². The molecule has 2 rings (SSSR count). The third kappa shape index (κ3) is 3.29. The number of aryl methyl sites for hydroxylation is 1. The smallest absolute Gasteiger partial charge is 0.142 e. The summed E-state index contributed by atoms with van der Waals surface area (Å²) in [5.41, 5.74) is 2.45. The zero-order chi connectivity index (χ0) is 13.7. The molecule has 0 fully saturated rings. The molecule has 0 amide bonds. The van der Waals surface area contributed by atoms with E-state index in [0.717, 1.165) is 23.8 Å². The first kappa shape index (κ1) is 13.0. The second kappa shape index (κ2) is 5.96. The molecule has 4 heteroatoms. The number of anilines is 1. The molecule has 96 valence electrons. The summed E-state index contributed by atoms with van der Waals surface area (Å²) in [4.78, 5) is 10.9. The fourth-order valence-electron chi connectivity index (χ4n) is 1.90. The van der Waals surface area contributed by atoms with Crippen LogP contribution in [-0.2, 0) is 6.54 Å². The highest BCUT2D eigenvalue weighted by atomic mass is 15.2. The van der Waals surface area contributed by atoms with Crippen molar-refractivity contribution >= 4 is 5.82 Å². The zero-order valence-corrected chi connectivity index (χ0v) is 11.2. The molecule has 0 saturated carbocycles. The highest BCUT2D eigenvalue weighted by molar-refractivity contribution is 5.41. The molecule has 0 aliphatic heterocycles. The van der Waals surface area contributed by atoms with Crippen LogP contribution in [0.15, 0.2) is 36.4 Å². The van der Waals surface area contributed by atoms with Crippen LogP contribution in [0.5, 0.6) is 0 Å². The van der Waals surface area contributed by atoms with Crippen molar-refractivity contribution in [2.75, 3.05) is 11.4 Å². The van der Waals surface area contributed by atoms with Gasteiger partial charge in [0, 0.05) is 12.2 Å². The summed E-state index contributed by atoms with van der Waals surface area (Å²) in [6, 6.07) is 13.5. The van der Waals surface area contributed by atoms with Crippen LogP contribution in [0, 0.1) is 18.3 Å². The topological polar surface area (TPSA) is 52.8 Å². The summed E-state index contributed by atoms with van der Waals surface area (Å²) in [7, 11) is 0. The van der Waals surface area contributed by atoms with Crippen molar-refractivity contribution in [2.24, 2.45) is 0 Å². The minimum Gasteiger partial charge on any atom is -0.351 e. The lowest BCUT2D eigenvalue weighted by Crippen LogP contribution is -2.23. The van der Waals surface area contributed by atoms with Gasteiger partial charge < -0.3 is 4.90 Å². The van der Waals surface area contributed by atoms with Gasteiger partial charge in [0.05, 0.1) is 12.2 Å². The van der Waals surface area contributed by atoms with Gasteiger partial charge in [-0.15, -0.1) is 0 Å². The Morgan fingerprint density at radius 2 is 1.95 bits per heavy atom. The Balaban J connectivity index is 2.22. The summed E-state index contributed by atoms with van der Waals surface area (Å²) in [5, 5.41) is 8.90. The fourth-order valence-corrected chi connectivity index (χ4v) is 1.90. The Morgan fingerprint density at radius 1 is 1.16 bits per heavy atom. The molecule has 0 aromatic carbocycles. The molecule has 2 aromatic heterocycles. The molecular weight excluding hydrogens is 236 g/mol. The van der Waals surface area contributed by atoms with E-state index in [1.807, 2.05) is 37.3 Å². The molecule has 4 nitrogen and oxygen atoms in total. The Morgan fingerprint density at radius 3 is 2.63 bits per heavy atom. The molecule has 0 saturated heterocycles. The average molecular weight is 252 g/mol. The first-order chi connectivity index (χ1) is 9.22. The maximum absolute atomic E-state index is 8.90. The second-order valence-corrected chi connectivity index (χ2v) is 4.28. The van der Waals surface area contributed by atoms with Crippen LogP contribution >= 0.6 is 0 Å². The van der Waals surface area contributed by atoms with E-state index in [1.54, 1.807) is 6.07 Å². The van der Waals surface area contributed by atoms with Gasteiger partial charge >= 0.3 is 0 Å². The fraction of sp³-hybridized carbons (Fsp3) is 0.267. The molecule has 0 radical (unpaired) electrons. The van der Waals surface area contributed by atoms with E-state index in [9.17, 15) is 0 Å². The normalized spacial score (nSPS) is 9.95. The van der Waals surface area contributed by atoms with E-state index in [2.05, 4.69) is 27.9 Å². The number of hydrogen-bond acceptors (Lipinski definition) is 4. The number of nitrogens with zero attached hydrogens (tertiary/aromatic N) is 4. The summed E-state index contributed by atoms with van der Waals surface area (Å²) in [5.74, 6) is 0.810. The molecule has 2 heterocycles. The predicted octanol–water partition coefficient (Wildman–Crippen LogP) is 2.68. The van der Waals surface area contributed by atoms with Crippen LogP contribution in [0.3, 0.4) is 0 Å². The highest BCUT2D eigenvalue weighted by Gasteiger charge is 2.08. The standard InChI is InChI=1S/C15H16N4/c1-3-19(11-14-8-4-6-12(2)17-14)15-9-5-7-13(10-16)18-15/h4-9H,3,11H2,1-2H3. The number of aromatic nitrogens is 2. The maximum atomic E-state index is 8.90. The molecule has 0 bridgehead atoms. The Bertz CT molecular complexity index is 601. The minimum absolute atomic E-state index is 0.438. The van der Waals surface area contributed by atoms with Crippen LogP contribution in [0.25, 0.3) is 0 Å². The van der Waals surface area contributed by atoms with Crippen LogP contribution in [0.2, 0.25) is 0 Å². The van der Waals surface area contributed by atoms with Gasteiger partial charge in [0.2, 0.25) is 0 Å². The quantitative estimate of drug-likeness (QED) is 0.839. The molecule has 0 aliphatic rings. The lowest BCUT2D eigenvalue weighted by atomic mass is 10.3. The number of rotatable bonds is 4. The number of pyridine rings is 2. The van der Waals surface area contributed by atoms with Crippen molar-refractivity contribution < 1.29 is 0 Å². The van der Waals surface area contributed by atoms with Crippen LogP contribution < -0.4 is 4.90 Å². The summed E-state index contributed by atoms with van der Waals surface area (Å²) >= 11 is 0. The van der Waals surface area contributed by atoms with Crippen molar-refractivity contribution in [1.29, 1.82) is 5.26 Å². The van der Waals surface area contributed by atoms with E-state index in [-0.39, 0.29) is 0 Å². The first-order valence-electron chi connectivity index (χ1n) is 6.27. The largest absolute Gasteiger partial charge is 0.351 e. The van der Waals surface area contributed by atoms with Gasteiger partial charge in [-0.25, -0.2) is 4.98 Å².